The van der Waals surface area contributed by atoms with E-state index in [9.17, 15) is 9.90 Å². The fourth-order valence-corrected chi connectivity index (χ4v) is 2.52. The minimum Gasteiger partial charge on any atom is -0.508 e. The van der Waals surface area contributed by atoms with E-state index in [0.717, 1.165) is 6.54 Å². The molecular weight excluding hydrogens is 226 g/mol. The first-order valence-electron chi connectivity index (χ1n) is 6.62. The van der Waals surface area contributed by atoms with Gasteiger partial charge in [-0.25, -0.2) is 0 Å². The van der Waals surface area contributed by atoms with E-state index in [1.165, 1.54) is 12.8 Å². The van der Waals surface area contributed by atoms with Gasteiger partial charge < -0.3 is 5.11 Å². The molecule has 3 heteroatoms. The van der Waals surface area contributed by atoms with E-state index in [1.54, 1.807) is 24.3 Å². The second kappa shape index (κ2) is 5.53. The van der Waals surface area contributed by atoms with Crippen LogP contribution in [0.25, 0.3) is 0 Å². The Hall–Kier alpha value is -1.35. The Morgan fingerprint density at radius 2 is 1.94 bits per heavy atom. The Bertz CT molecular complexity index is 413. The summed E-state index contributed by atoms with van der Waals surface area (Å²) in [5, 5.41) is 9.21. The Labute approximate surface area is 108 Å². The lowest BCUT2D eigenvalue weighted by Crippen LogP contribution is -2.43. The van der Waals surface area contributed by atoms with Crippen molar-refractivity contribution in [2.45, 2.75) is 32.7 Å². The average molecular weight is 247 g/mol. The van der Waals surface area contributed by atoms with Crippen LogP contribution < -0.4 is 0 Å². The molecule has 2 atom stereocenters. The quantitative estimate of drug-likeness (QED) is 0.835. The van der Waals surface area contributed by atoms with E-state index in [0.29, 0.717) is 24.1 Å². The summed E-state index contributed by atoms with van der Waals surface area (Å²) in [5.41, 5.74) is 0.679. The monoisotopic (exact) mass is 247 g/mol. The Balaban J connectivity index is 2.00. The van der Waals surface area contributed by atoms with Crippen molar-refractivity contribution in [2.75, 3.05) is 13.1 Å². The number of rotatable bonds is 3. The van der Waals surface area contributed by atoms with Gasteiger partial charge in [-0.05, 0) is 49.9 Å². The van der Waals surface area contributed by atoms with Gasteiger partial charge in [0.15, 0.2) is 5.78 Å². The van der Waals surface area contributed by atoms with Crippen molar-refractivity contribution >= 4 is 5.78 Å². The molecule has 0 saturated carbocycles. The van der Waals surface area contributed by atoms with Gasteiger partial charge in [0.1, 0.15) is 5.75 Å². The highest BCUT2D eigenvalue weighted by atomic mass is 16.3. The van der Waals surface area contributed by atoms with Crippen molar-refractivity contribution in [2.24, 2.45) is 5.92 Å². The van der Waals surface area contributed by atoms with Crippen LogP contribution >= 0.6 is 0 Å². The number of hydrogen-bond acceptors (Lipinski definition) is 3. The van der Waals surface area contributed by atoms with E-state index in [4.69, 9.17) is 0 Å². The average Bonchev–Trinajstić information content (AvgIpc) is 2.34. The maximum absolute atomic E-state index is 12.2. The molecule has 1 aliphatic rings. The molecule has 0 spiro atoms. The number of nitrogens with zero attached hydrogens (tertiary/aromatic N) is 1. The summed E-state index contributed by atoms with van der Waals surface area (Å²) < 4.78 is 0. The number of phenols is 1. The molecular formula is C15H21NO2. The lowest BCUT2D eigenvalue weighted by Gasteiger charge is -2.36. The molecule has 1 fully saturated rings. The maximum atomic E-state index is 12.2. The van der Waals surface area contributed by atoms with Gasteiger partial charge in [0.25, 0.3) is 0 Å². The molecule has 1 heterocycles. The first-order valence-corrected chi connectivity index (χ1v) is 6.62. The highest BCUT2D eigenvalue weighted by Gasteiger charge is 2.24. The third kappa shape index (κ3) is 3.10. The van der Waals surface area contributed by atoms with Crippen molar-refractivity contribution in [1.29, 1.82) is 0 Å². The van der Waals surface area contributed by atoms with Gasteiger partial charge in [-0.1, -0.05) is 6.92 Å². The Morgan fingerprint density at radius 1 is 1.28 bits per heavy atom. The number of phenolic OH excluding ortho intramolecular Hbond substituents is 1. The fourth-order valence-electron chi connectivity index (χ4n) is 2.52. The van der Waals surface area contributed by atoms with Crippen LogP contribution in [-0.2, 0) is 0 Å². The van der Waals surface area contributed by atoms with Crippen molar-refractivity contribution < 1.29 is 9.90 Å². The second-order valence-electron chi connectivity index (χ2n) is 5.43. The molecule has 0 bridgehead atoms. The minimum absolute atomic E-state index is 0.135. The van der Waals surface area contributed by atoms with Gasteiger partial charge in [0, 0.05) is 18.2 Å². The smallest absolute Gasteiger partial charge is 0.176 e. The Morgan fingerprint density at radius 3 is 2.61 bits per heavy atom. The molecule has 1 aliphatic heterocycles. The first kappa shape index (κ1) is 13.1. The van der Waals surface area contributed by atoms with Gasteiger partial charge in [-0.2, -0.15) is 0 Å². The third-order valence-corrected chi connectivity index (χ3v) is 3.78. The van der Waals surface area contributed by atoms with Gasteiger partial charge in [-0.15, -0.1) is 0 Å². The number of aromatic hydroxyl groups is 1. The molecule has 1 N–H and O–H groups in total. The zero-order valence-electron chi connectivity index (χ0n) is 11.1. The largest absolute Gasteiger partial charge is 0.508 e. The highest BCUT2D eigenvalue weighted by Crippen LogP contribution is 2.21. The molecule has 3 nitrogen and oxygen atoms in total. The minimum atomic E-state index is 0.135. The summed E-state index contributed by atoms with van der Waals surface area (Å²) in [6, 6.07) is 7.00. The number of hydrogen-bond donors (Lipinski definition) is 1. The standard InChI is InChI=1S/C15H21NO2/c1-11-3-4-12(2)16(9-11)10-15(18)13-5-7-14(17)8-6-13/h5-8,11-12,17H,3-4,9-10H2,1-2H3. The van der Waals surface area contributed by atoms with E-state index in [1.807, 2.05) is 0 Å². The van der Waals surface area contributed by atoms with Crippen LogP contribution in [0.3, 0.4) is 0 Å². The number of carbonyl (C=O) groups is 1. The van der Waals surface area contributed by atoms with Crippen LogP contribution in [0.1, 0.15) is 37.0 Å². The summed E-state index contributed by atoms with van der Waals surface area (Å²) in [5.74, 6) is 1.01. The third-order valence-electron chi connectivity index (χ3n) is 3.78. The zero-order valence-corrected chi connectivity index (χ0v) is 11.1. The van der Waals surface area contributed by atoms with Crippen LogP contribution in [0.15, 0.2) is 24.3 Å². The Kier molecular flexibility index (Phi) is 4.02. The number of carbonyl (C=O) groups excluding carboxylic acids is 1. The van der Waals surface area contributed by atoms with Gasteiger partial charge in [0.2, 0.25) is 0 Å². The lowest BCUT2D eigenvalue weighted by molar-refractivity contribution is 0.0805. The normalized spacial score (nSPS) is 25.0. The van der Waals surface area contributed by atoms with Crippen LogP contribution in [0.4, 0.5) is 0 Å². The van der Waals surface area contributed by atoms with Crippen LogP contribution in [0, 0.1) is 5.92 Å². The van der Waals surface area contributed by atoms with Gasteiger partial charge in [-0.3, -0.25) is 9.69 Å². The number of benzene rings is 1. The van der Waals surface area contributed by atoms with Crippen LogP contribution in [-0.4, -0.2) is 34.9 Å². The molecule has 2 unspecified atom stereocenters. The predicted molar refractivity (Wildman–Crippen MR) is 71.9 cm³/mol. The molecule has 0 aliphatic carbocycles. The maximum Gasteiger partial charge on any atom is 0.176 e. The lowest BCUT2D eigenvalue weighted by atomic mass is 9.94. The number of ketones is 1. The zero-order chi connectivity index (χ0) is 13.1. The van der Waals surface area contributed by atoms with Crippen molar-refractivity contribution in [1.82, 2.24) is 4.90 Å². The number of Topliss-reactive ketones (excluding diaryl/α,β-unsaturated/α-hetero) is 1. The first-order chi connectivity index (χ1) is 8.56. The van der Waals surface area contributed by atoms with Crippen molar-refractivity contribution in [3.05, 3.63) is 29.8 Å². The molecule has 2 rings (SSSR count). The predicted octanol–water partition coefficient (Wildman–Crippen LogP) is 2.70. The topological polar surface area (TPSA) is 40.5 Å². The number of piperidine rings is 1. The van der Waals surface area contributed by atoms with Gasteiger partial charge >= 0.3 is 0 Å². The summed E-state index contributed by atoms with van der Waals surface area (Å²) >= 11 is 0. The molecule has 0 aromatic heterocycles. The van der Waals surface area contributed by atoms with E-state index >= 15 is 0 Å². The SMILES string of the molecule is CC1CCC(C)N(CC(=O)c2ccc(O)cc2)C1. The summed E-state index contributed by atoms with van der Waals surface area (Å²) in [6.45, 7) is 5.92. The molecule has 1 aromatic carbocycles. The van der Waals surface area contributed by atoms with Crippen LogP contribution in [0.2, 0.25) is 0 Å². The fraction of sp³-hybridized carbons (Fsp3) is 0.533. The van der Waals surface area contributed by atoms with Crippen molar-refractivity contribution in [3.63, 3.8) is 0 Å². The molecule has 18 heavy (non-hydrogen) atoms. The van der Waals surface area contributed by atoms with E-state index in [2.05, 4.69) is 18.7 Å². The summed E-state index contributed by atoms with van der Waals surface area (Å²) in [6.07, 6.45) is 2.43. The summed E-state index contributed by atoms with van der Waals surface area (Å²) in [4.78, 5) is 14.4. The van der Waals surface area contributed by atoms with E-state index < -0.39 is 0 Å². The molecule has 1 saturated heterocycles. The summed E-state index contributed by atoms with van der Waals surface area (Å²) in [7, 11) is 0. The van der Waals surface area contributed by atoms with Crippen molar-refractivity contribution in [3.8, 4) is 5.75 Å². The molecule has 0 amide bonds. The molecule has 98 valence electrons. The number of likely N-dealkylation sites (tertiary alicyclic amines) is 1. The molecule has 1 aromatic rings. The second-order valence-corrected chi connectivity index (χ2v) is 5.43. The van der Waals surface area contributed by atoms with Crippen LogP contribution in [0.5, 0.6) is 5.75 Å². The van der Waals surface area contributed by atoms with E-state index in [-0.39, 0.29) is 11.5 Å². The molecule has 0 radical (unpaired) electrons. The highest BCUT2D eigenvalue weighted by molar-refractivity contribution is 5.97. The van der Waals surface area contributed by atoms with Gasteiger partial charge in [0.05, 0.1) is 6.54 Å².